The fourth-order valence-electron chi connectivity index (χ4n) is 1.32. The van der Waals surface area contributed by atoms with Gasteiger partial charge >= 0.3 is 5.97 Å². The molecular weight excluding hydrogens is 300 g/mol. The number of thiol groups is 1. The number of primary amides is 1. The molecule has 0 radical (unpaired) electrons. The highest BCUT2D eigenvalue weighted by molar-refractivity contribution is 7.80. The summed E-state index contributed by atoms with van der Waals surface area (Å²) in [4.78, 5) is 45.1. The van der Waals surface area contributed by atoms with Crippen LogP contribution >= 0.6 is 12.6 Å². The number of amides is 3. The highest BCUT2D eigenvalue weighted by Crippen LogP contribution is 2.00. The highest BCUT2D eigenvalue weighted by atomic mass is 32.1. The van der Waals surface area contributed by atoms with Gasteiger partial charge in [-0.3, -0.25) is 14.4 Å². The summed E-state index contributed by atoms with van der Waals surface area (Å²) in [7, 11) is 0. The molecule has 120 valence electrons. The summed E-state index contributed by atoms with van der Waals surface area (Å²) in [5, 5.41) is 13.4. The molecule has 3 amide bonds. The number of carbonyl (C=O) groups is 4. The Bertz CT molecular complexity index is 415. The number of aliphatic carboxylic acids is 1. The molecule has 0 aliphatic rings. The maximum Gasteiger partial charge on any atom is 0.327 e. The van der Waals surface area contributed by atoms with Gasteiger partial charge in [0.15, 0.2) is 0 Å². The Morgan fingerprint density at radius 3 is 2.05 bits per heavy atom. The number of carbonyl (C=O) groups excluding carboxylic acids is 3. The van der Waals surface area contributed by atoms with Crippen LogP contribution < -0.4 is 22.1 Å². The van der Waals surface area contributed by atoms with Crippen molar-refractivity contribution in [1.82, 2.24) is 10.6 Å². The Labute approximate surface area is 127 Å². The average Bonchev–Trinajstić information content (AvgIpc) is 2.39. The van der Waals surface area contributed by atoms with Gasteiger partial charge in [-0.1, -0.05) is 0 Å². The summed E-state index contributed by atoms with van der Waals surface area (Å²) in [5.41, 5.74) is 10.4. The zero-order valence-corrected chi connectivity index (χ0v) is 12.4. The van der Waals surface area contributed by atoms with Crippen LogP contribution in [0.5, 0.6) is 0 Å². The van der Waals surface area contributed by atoms with Crippen LogP contribution in [0, 0.1) is 0 Å². The lowest BCUT2D eigenvalue weighted by Gasteiger charge is -2.21. The molecule has 0 saturated heterocycles. The zero-order valence-electron chi connectivity index (χ0n) is 11.5. The van der Waals surface area contributed by atoms with Crippen molar-refractivity contribution in [2.24, 2.45) is 11.5 Å². The highest BCUT2D eigenvalue weighted by Gasteiger charge is 2.26. The monoisotopic (exact) mass is 320 g/mol. The number of hydrogen-bond donors (Lipinski definition) is 6. The molecule has 9 nitrogen and oxygen atoms in total. The van der Waals surface area contributed by atoms with E-state index in [1.807, 2.05) is 0 Å². The molecule has 0 aromatic carbocycles. The summed E-state index contributed by atoms with van der Waals surface area (Å²) >= 11 is 3.81. The van der Waals surface area contributed by atoms with Crippen LogP contribution in [-0.4, -0.2) is 52.7 Å². The average molecular weight is 320 g/mol. The van der Waals surface area contributed by atoms with Gasteiger partial charge < -0.3 is 27.2 Å². The molecule has 0 aromatic rings. The van der Waals surface area contributed by atoms with E-state index in [1.165, 1.54) is 6.92 Å². The molecule has 0 aliphatic heterocycles. The van der Waals surface area contributed by atoms with Crippen molar-refractivity contribution in [2.75, 3.05) is 5.75 Å². The lowest BCUT2D eigenvalue weighted by atomic mass is 10.1. The van der Waals surface area contributed by atoms with E-state index in [9.17, 15) is 19.2 Å². The second-order valence-electron chi connectivity index (χ2n) is 4.44. The Morgan fingerprint density at radius 2 is 1.67 bits per heavy atom. The van der Waals surface area contributed by atoms with Gasteiger partial charge in [0.1, 0.15) is 12.1 Å². The van der Waals surface area contributed by atoms with E-state index in [0.717, 1.165) is 0 Å². The van der Waals surface area contributed by atoms with Gasteiger partial charge in [0.05, 0.1) is 6.04 Å². The van der Waals surface area contributed by atoms with Gasteiger partial charge in [-0.25, -0.2) is 4.79 Å². The van der Waals surface area contributed by atoms with E-state index in [0.29, 0.717) is 0 Å². The third-order valence-electron chi connectivity index (χ3n) is 2.52. The van der Waals surface area contributed by atoms with Crippen LogP contribution in [0.15, 0.2) is 0 Å². The molecule has 3 atom stereocenters. The van der Waals surface area contributed by atoms with Gasteiger partial charge in [0, 0.05) is 12.2 Å². The summed E-state index contributed by atoms with van der Waals surface area (Å²) in [6.45, 7) is 1.42. The number of nitrogens with two attached hydrogens (primary N) is 2. The molecular formula is C11H20N4O5S. The van der Waals surface area contributed by atoms with Crippen LogP contribution in [-0.2, 0) is 19.2 Å². The lowest BCUT2D eigenvalue weighted by molar-refractivity contribution is -0.141. The van der Waals surface area contributed by atoms with E-state index in [1.54, 1.807) is 0 Å². The molecule has 0 aliphatic carbocycles. The minimum Gasteiger partial charge on any atom is -0.480 e. The Balaban J connectivity index is 4.83. The summed E-state index contributed by atoms with van der Waals surface area (Å²) in [5.74, 6) is -3.37. The third-order valence-corrected chi connectivity index (χ3v) is 2.89. The van der Waals surface area contributed by atoms with E-state index in [4.69, 9.17) is 16.6 Å². The number of nitrogens with one attached hydrogen (secondary N) is 2. The van der Waals surface area contributed by atoms with Gasteiger partial charge in [0.25, 0.3) is 0 Å². The topological polar surface area (TPSA) is 165 Å². The van der Waals surface area contributed by atoms with Crippen molar-refractivity contribution in [3.8, 4) is 0 Å². The molecule has 7 N–H and O–H groups in total. The minimum atomic E-state index is -1.26. The van der Waals surface area contributed by atoms with E-state index in [-0.39, 0.29) is 18.6 Å². The van der Waals surface area contributed by atoms with Crippen molar-refractivity contribution >= 4 is 36.3 Å². The second-order valence-corrected chi connectivity index (χ2v) is 4.80. The first kappa shape index (κ1) is 19.2. The Morgan fingerprint density at radius 1 is 1.14 bits per heavy atom. The molecule has 0 heterocycles. The predicted molar refractivity (Wildman–Crippen MR) is 77.4 cm³/mol. The first-order chi connectivity index (χ1) is 9.68. The molecule has 0 spiro atoms. The van der Waals surface area contributed by atoms with E-state index in [2.05, 4.69) is 23.3 Å². The van der Waals surface area contributed by atoms with Crippen LogP contribution in [0.25, 0.3) is 0 Å². The number of carboxylic acid groups (broad SMARTS) is 1. The van der Waals surface area contributed by atoms with Crippen molar-refractivity contribution in [2.45, 2.75) is 37.9 Å². The summed E-state index contributed by atoms with van der Waals surface area (Å²) < 4.78 is 0. The lowest BCUT2D eigenvalue weighted by Crippen LogP contribution is -2.54. The summed E-state index contributed by atoms with van der Waals surface area (Å²) in [6, 6.07) is -3.16. The molecule has 10 heteroatoms. The predicted octanol–water partition coefficient (Wildman–Crippen LogP) is -2.42. The van der Waals surface area contributed by atoms with Gasteiger partial charge in [-0.05, 0) is 13.3 Å². The maximum absolute atomic E-state index is 12.0. The Hall–Kier alpha value is -1.81. The van der Waals surface area contributed by atoms with E-state index >= 15 is 0 Å². The maximum atomic E-state index is 12.0. The fraction of sp³-hybridized carbons (Fsp3) is 0.636. The largest absolute Gasteiger partial charge is 0.480 e. The first-order valence-electron chi connectivity index (χ1n) is 6.17. The number of hydrogen-bond acceptors (Lipinski definition) is 6. The molecule has 0 rings (SSSR count). The van der Waals surface area contributed by atoms with Crippen molar-refractivity contribution in [3.05, 3.63) is 0 Å². The molecule has 3 unspecified atom stereocenters. The van der Waals surface area contributed by atoms with Crippen LogP contribution in [0.2, 0.25) is 0 Å². The first-order valence-corrected chi connectivity index (χ1v) is 6.80. The standard InChI is InChI=1S/C11H20N4O5S/c1-5(12)9(17)14-6(2-3-8(13)16)10(18)15-7(4-21)11(19)20/h5-7,21H,2-4,12H2,1H3,(H2,13,16)(H,14,17)(H,15,18)(H,19,20). The van der Waals surface area contributed by atoms with E-state index < -0.39 is 41.8 Å². The van der Waals surface area contributed by atoms with Crippen molar-refractivity contribution < 1.29 is 24.3 Å². The smallest absolute Gasteiger partial charge is 0.327 e. The number of carboxylic acids is 1. The molecule has 0 aromatic heterocycles. The van der Waals surface area contributed by atoms with Crippen molar-refractivity contribution in [3.63, 3.8) is 0 Å². The fourth-order valence-corrected chi connectivity index (χ4v) is 1.56. The Kier molecular flexibility index (Phi) is 8.39. The molecule has 0 bridgehead atoms. The van der Waals surface area contributed by atoms with Crippen LogP contribution in [0.1, 0.15) is 19.8 Å². The SMILES string of the molecule is CC(N)C(=O)NC(CCC(N)=O)C(=O)NC(CS)C(=O)O. The quantitative estimate of drug-likeness (QED) is 0.259. The van der Waals surface area contributed by atoms with Gasteiger partial charge in [-0.2, -0.15) is 12.6 Å². The van der Waals surface area contributed by atoms with Crippen LogP contribution in [0.3, 0.4) is 0 Å². The number of rotatable bonds is 9. The second kappa shape index (κ2) is 9.19. The van der Waals surface area contributed by atoms with Crippen molar-refractivity contribution in [1.29, 1.82) is 0 Å². The molecule has 0 fully saturated rings. The van der Waals surface area contributed by atoms with Gasteiger partial charge in [-0.15, -0.1) is 0 Å². The minimum absolute atomic E-state index is 0.0570. The van der Waals surface area contributed by atoms with Gasteiger partial charge in [0.2, 0.25) is 17.7 Å². The molecule has 0 saturated carbocycles. The normalized spacial score (nSPS) is 14.6. The summed E-state index contributed by atoms with van der Waals surface area (Å²) in [6.07, 6.45) is -0.200. The third kappa shape index (κ3) is 7.51. The van der Waals surface area contributed by atoms with Crippen LogP contribution in [0.4, 0.5) is 0 Å². The zero-order chi connectivity index (χ0) is 16.6. The molecule has 21 heavy (non-hydrogen) atoms.